The SMILES string of the molecule is COc1ccc(-n2nc3ccc(N4C(=O)c5ccccc5C4=O)cc3n2)cc1. The van der Waals surface area contributed by atoms with Gasteiger partial charge in [0.25, 0.3) is 11.8 Å². The number of rotatable bonds is 3. The highest BCUT2D eigenvalue weighted by molar-refractivity contribution is 6.34. The molecule has 0 fully saturated rings. The van der Waals surface area contributed by atoms with Gasteiger partial charge in [0.1, 0.15) is 16.8 Å². The molecular formula is C21H14N4O3. The summed E-state index contributed by atoms with van der Waals surface area (Å²) in [6.45, 7) is 0. The van der Waals surface area contributed by atoms with Crippen LogP contribution in [0.3, 0.4) is 0 Å². The van der Waals surface area contributed by atoms with Crippen LogP contribution in [0.15, 0.2) is 66.7 Å². The maximum Gasteiger partial charge on any atom is 0.266 e. The minimum absolute atomic E-state index is 0.331. The summed E-state index contributed by atoms with van der Waals surface area (Å²) in [4.78, 5) is 28.1. The number of benzene rings is 3. The zero-order valence-corrected chi connectivity index (χ0v) is 14.9. The number of anilines is 1. The number of carbonyl (C=O) groups is 2. The molecule has 4 aromatic rings. The van der Waals surface area contributed by atoms with Gasteiger partial charge in [-0.1, -0.05) is 12.1 Å². The fourth-order valence-corrected chi connectivity index (χ4v) is 3.30. The monoisotopic (exact) mass is 370 g/mol. The van der Waals surface area contributed by atoms with Crippen molar-refractivity contribution in [3.05, 3.63) is 77.9 Å². The number of fused-ring (bicyclic) bond motifs is 2. The van der Waals surface area contributed by atoms with Gasteiger partial charge < -0.3 is 4.74 Å². The molecule has 2 heterocycles. The maximum atomic E-state index is 12.7. The summed E-state index contributed by atoms with van der Waals surface area (Å²) in [6, 6.07) is 19.3. The Morgan fingerprint density at radius 1 is 0.750 bits per heavy atom. The number of aromatic nitrogens is 3. The van der Waals surface area contributed by atoms with E-state index in [-0.39, 0.29) is 11.8 Å². The van der Waals surface area contributed by atoms with Crippen molar-refractivity contribution in [3.63, 3.8) is 0 Å². The maximum absolute atomic E-state index is 12.7. The van der Waals surface area contributed by atoms with Crippen LogP contribution in [0.5, 0.6) is 5.75 Å². The molecule has 0 bridgehead atoms. The van der Waals surface area contributed by atoms with Crippen molar-refractivity contribution in [2.24, 2.45) is 0 Å². The van der Waals surface area contributed by atoms with Crippen LogP contribution in [0.4, 0.5) is 5.69 Å². The first-order chi connectivity index (χ1) is 13.7. The minimum atomic E-state index is -0.331. The lowest BCUT2D eigenvalue weighted by Crippen LogP contribution is -2.29. The Balaban J connectivity index is 1.54. The number of amides is 2. The third-order valence-corrected chi connectivity index (χ3v) is 4.72. The van der Waals surface area contributed by atoms with Gasteiger partial charge in [0.15, 0.2) is 0 Å². The van der Waals surface area contributed by atoms with Crippen molar-refractivity contribution in [1.82, 2.24) is 15.0 Å². The van der Waals surface area contributed by atoms with Crippen LogP contribution in [0.1, 0.15) is 20.7 Å². The van der Waals surface area contributed by atoms with Gasteiger partial charge in [-0.25, -0.2) is 4.90 Å². The van der Waals surface area contributed by atoms with E-state index in [9.17, 15) is 9.59 Å². The second kappa shape index (κ2) is 6.02. The van der Waals surface area contributed by atoms with Crippen molar-refractivity contribution in [1.29, 1.82) is 0 Å². The van der Waals surface area contributed by atoms with Gasteiger partial charge in [-0.2, -0.15) is 4.80 Å². The van der Waals surface area contributed by atoms with Gasteiger partial charge in [-0.15, -0.1) is 10.2 Å². The second-order valence-electron chi connectivity index (χ2n) is 6.35. The van der Waals surface area contributed by atoms with Gasteiger partial charge in [0.2, 0.25) is 0 Å². The zero-order valence-electron chi connectivity index (χ0n) is 14.9. The van der Waals surface area contributed by atoms with Gasteiger partial charge in [0.05, 0.1) is 29.6 Å². The van der Waals surface area contributed by atoms with Crippen LogP contribution in [-0.2, 0) is 0 Å². The summed E-state index contributed by atoms with van der Waals surface area (Å²) in [6.07, 6.45) is 0. The van der Waals surface area contributed by atoms with Gasteiger partial charge in [-0.3, -0.25) is 9.59 Å². The van der Waals surface area contributed by atoms with E-state index in [2.05, 4.69) is 10.2 Å². The standard InChI is InChI=1S/C21H14N4O3/c1-28-15-9-6-13(7-10-15)25-22-18-11-8-14(12-19(18)23-25)24-20(26)16-4-2-3-5-17(16)21(24)27/h2-12H,1H3. The molecule has 0 radical (unpaired) electrons. The third kappa shape index (κ3) is 2.37. The van der Waals surface area contributed by atoms with Crippen LogP contribution in [-0.4, -0.2) is 33.9 Å². The average Bonchev–Trinajstić information content (AvgIpc) is 3.27. The molecule has 0 unspecified atom stereocenters. The molecule has 1 aromatic heterocycles. The number of ether oxygens (including phenoxy) is 1. The number of hydrogen-bond donors (Lipinski definition) is 0. The van der Waals surface area contributed by atoms with Crippen molar-refractivity contribution < 1.29 is 14.3 Å². The molecule has 3 aromatic carbocycles. The van der Waals surface area contributed by atoms with Crippen LogP contribution < -0.4 is 9.64 Å². The highest BCUT2D eigenvalue weighted by Crippen LogP contribution is 2.30. The summed E-state index contributed by atoms with van der Waals surface area (Å²) in [7, 11) is 1.61. The normalized spacial score (nSPS) is 13.2. The number of hydrogen-bond acceptors (Lipinski definition) is 5. The molecule has 2 amide bonds. The van der Waals surface area contributed by atoms with Crippen LogP contribution in [0.2, 0.25) is 0 Å². The summed E-state index contributed by atoms with van der Waals surface area (Å²) >= 11 is 0. The smallest absolute Gasteiger partial charge is 0.266 e. The van der Waals surface area contributed by atoms with Crippen molar-refractivity contribution >= 4 is 28.5 Å². The summed E-state index contributed by atoms with van der Waals surface area (Å²) in [5.41, 5.74) is 3.32. The fraction of sp³-hybridized carbons (Fsp3) is 0.0476. The molecule has 1 aliphatic rings. The highest BCUT2D eigenvalue weighted by atomic mass is 16.5. The van der Waals surface area contributed by atoms with E-state index in [4.69, 9.17) is 4.74 Å². The summed E-state index contributed by atoms with van der Waals surface area (Å²) in [5.74, 6) is 0.0818. The molecule has 28 heavy (non-hydrogen) atoms. The van der Waals surface area contributed by atoms with Crippen molar-refractivity contribution in [2.75, 3.05) is 12.0 Å². The summed E-state index contributed by atoms with van der Waals surface area (Å²) < 4.78 is 5.16. The van der Waals surface area contributed by atoms with E-state index < -0.39 is 0 Å². The quantitative estimate of drug-likeness (QED) is 0.518. The molecule has 0 aliphatic carbocycles. The molecule has 136 valence electrons. The Morgan fingerprint density at radius 2 is 1.36 bits per heavy atom. The van der Waals surface area contributed by atoms with Crippen LogP contribution in [0.25, 0.3) is 16.7 Å². The van der Waals surface area contributed by atoms with Crippen molar-refractivity contribution in [2.45, 2.75) is 0 Å². The fourth-order valence-electron chi connectivity index (χ4n) is 3.30. The number of nitrogens with zero attached hydrogens (tertiary/aromatic N) is 4. The molecular weight excluding hydrogens is 356 g/mol. The Labute approximate surface area is 159 Å². The van der Waals surface area contributed by atoms with E-state index in [1.165, 1.54) is 9.70 Å². The largest absolute Gasteiger partial charge is 0.497 e. The highest BCUT2D eigenvalue weighted by Gasteiger charge is 2.36. The van der Waals surface area contributed by atoms with E-state index in [0.29, 0.717) is 27.8 Å². The minimum Gasteiger partial charge on any atom is -0.497 e. The summed E-state index contributed by atoms with van der Waals surface area (Å²) in [5, 5.41) is 8.95. The first-order valence-corrected chi connectivity index (χ1v) is 8.65. The lowest BCUT2D eigenvalue weighted by Gasteiger charge is -2.13. The molecule has 1 aliphatic heterocycles. The number of methoxy groups -OCH3 is 1. The number of imide groups is 1. The van der Waals surface area contributed by atoms with Gasteiger partial charge >= 0.3 is 0 Å². The predicted octanol–water partition coefficient (Wildman–Crippen LogP) is 3.23. The van der Waals surface area contributed by atoms with Crippen molar-refractivity contribution in [3.8, 4) is 11.4 Å². The molecule has 0 saturated heterocycles. The predicted molar refractivity (Wildman–Crippen MR) is 103 cm³/mol. The van der Waals surface area contributed by atoms with Crippen LogP contribution in [0, 0.1) is 0 Å². The molecule has 0 spiro atoms. The van der Waals surface area contributed by atoms with Gasteiger partial charge in [0, 0.05) is 0 Å². The molecule has 7 nitrogen and oxygen atoms in total. The lowest BCUT2D eigenvalue weighted by atomic mass is 10.1. The second-order valence-corrected chi connectivity index (χ2v) is 6.35. The molecule has 7 heteroatoms. The topological polar surface area (TPSA) is 77.3 Å². The number of carbonyl (C=O) groups excluding carboxylic acids is 2. The Hall–Kier alpha value is -4.00. The first kappa shape index (κ1) is 16.2. The first-order valence-electron chi connectivity index (χ1n) is 8.65. The molecule has 5 rings (SSSR count). The van der Waals surface area contributed by atoms with E-state index in [1.54, 1.807) is 49.6 Å². The van der Waals surface area contributed by atoms with Crippen LogP contribution >= 0.6 is 0 Å². The average molecular weight is 370 g/mol. The zero-order chi connectivity index (χ0) is 19.3. The Kier molecular flexibility index (Phi) is 3.48. The lowest BCUT2D eigenvalue weighted by molar-refractivity contribution is 0.0926. The Bertz CT molecular complexity index is 1210. The van der Waals surface area contributed by atoms with E-state index >= 15 is 0 Å². The van der Waals surface area contributed by atoms with E-state index in [0.717, 1.165) is 11.4 Å². The molecule has 0 atom stereocenters. The van der Waals surface area contributed by atoms with E-state index in [1.807, 2.05) is 24.3 Å². The molecule has 0 N–H and O–H groups in total. The molecule has 0 saturated carbocycles. The Morgan fingerprint density at radius 3 is 2.00 bits per heavy atom. The van der Waals surface area contributed by atoms with Gasteiger partial charge in [-0.05, 0) is 54.6 Å². The third-order valence-electron chi connectivity index (χ3n) is 4.72.